The van der Waals surface area contributed by atoms with E-state index in [2.05, 4.69) is 30.5 Å². The van der Waals surface area contributed by atoms with Gasteiger partial charge in [0.25, 0.3) is 0 Å². The fourth-order valence-electron chi connectivity index (χ4n) is 3.05. The number of carbonyl (C=O) groups excluding carboxylic acids is 1. The molecule has 0 spiro atoms. The first-order valence-corrected chi connectivity index (χ1v) is 12.1. The molecule has 1 aromatic carbocycles. The number of carbonyl (C=O) groups is 1. The Morgan fingerprint density at radius 3 is 2.79 bits per heavy atom. The van der Waals surface area contributed by atoms with Crippen LogP contribution in [-0.4, -0.2) is 37.2 Å². The van der Waals surface area contributed by atoms with Crippen molar-refractivity contribution in [2.24, 2.45) is 0 Å². The third-order valence-corrected chi connectivity index (χ3v) is 6.29. The zero-order chi connectivity index (χ0) is 23.2. The summed E-state index contributed by atoms with van der Waals surface area (Å²) in [5, 5.41) is 12.0. The quantitative estimate of drug-likeness (QED) is 0.334. The predicted octanol–water partition coefficient (Wildman–Crippen LogP) is 4.96. The highest BCUT2D eigenvalue weighted by molar-refractivity contribution is 7.99. The minimum atomic E-state index is -0.196. The zero-order valence-corrected chi connectivity index (χ0v) is 20.3. The molecule has 3 heterocycles. The lowest BCUT2D eigenvalue weighted by atomic mass is 10.1. The first kappa shape index (κ1) is 23.2. The van der Waals surface area contributed by atoms with Crippen LogP contribution >= 0.6 is 34.7 Å². The van der Waals surface area contributed by atoms with Crippen molar-refractivity contribution in [3.63, 3.8) is 0 Å². The minimum absolute atomic E-state index is 0.0886. The van der Waals surface area contributed by atoms with Gasteiger partial charge in [-0.1, -0.05) is 23.7 Å². The molecule has 33 heavy (non-hydrogen) atoms. The Balaban J connectivity index is 1.49. The molecule has 0 saturated carbocycles. The van der Waals surface area contributed by atoms with Gasteiger partial charge in [0.2, 0.25) is 5.91 Å². The van der Waals surface area contributed by atoms with E-state index in [1.54, 1.807) is 12.3 Å². The lowest BCUT2D eigenvalue weighted by Crippen LogP contribution is -2.17. The van der Waals surface area contributed by atoms with Crippen molar-refractivity contribution in [3.05, 3.63) is 70.1 Å². The molecule has 0 fully saturated rings. The third-order valence-electron chi connectivity index (χ3n) is 4.41. The number of aryl methyl sites for hydroxylation is 1. The first-order chi connectivity index (χ1) is 15.9. The molecule has 0 unspecified atom stereocenters. The number of ether oxygens (including phenoxy) is 1. The highest BCUT2D eigenvalue weighted by Crippen LogP contribution is 2.28. The summed E-state index contributed by atoms with van der Waals surface area (Å²) >= 11 is 8.71. The van der Waals surface area contributed by atoms with Crippen molar-refractivity contribution in [3.8, 4) is 5.75 Å². The second kappa shape index (κ2) is 10.8. The number of amides is 1. The lowest BCUT2D eigenvalue weighted by Gasteiger charge is -2.16. The maximum atomic E-state index is 12.6. The number of H-pyrrole nitrogens is 1. The average molecular weight is 501 g/mol. The van der Waals surface area contributed by atoms with Gasteiger partial charge in [0.05, 0.1) is 18.2 Å². The first-order valence-electron chi connectivity index (χ1n) is 10.1. The number of anilines is 1. The summed E-state index contributed by atoms with van der Waals surface area (Å²) in [4.78, 5) is 26.5. The van der Waals surface area contributed by atoms with Crippen molar-refractivity contribution < 1.29 is 9.53 Å². The van der Waals surface area contributed by atoms with E-state index >= 15 is 0 Å². The normalized spacial score (nSPS) is 11.8. The van der Waals surface area contributed by atoms with Gasteiger partial charge in [0.15, 0.2) is 10.3 Å². The number of rotatable bonds is 9. The van der Waals surface area contributed by atoms with Crippen LogP contribution in [0.5, 0.6) is 5.75 Å². The average Bonchev–Trinajstić information content (AvgIpc) is 3.41. The molecule has 0 aliphatic rings. The predicted molar refractivity (Wildman–Crippen MR) is 129 cm³/mol. The molecule has 0 aliphatic carbocycles. The molecule has 11 heteroatoms. The second-order valence-electron chi connectivity index (χ2n) is 7.29. The van der Waals surface area contributed by atoms with Gasteiger partial charge in [0, 0.05) is 34.7 Å². The SMILES string of the molecule is Cc1cnc(NC(=O)Cc2cc(O[C@@H](C)Cc3ccc(Cl)cc3)cc(Sc3ncn[nH]3)n2)s1. The minimum Gasteiger partial charge on any atom is -0.490 e. The summed E-state index contributed by atoms with van der Waals surface area (Å²) in [6.07, 6.45) is 3.86. The maximum Gasteiger partial charge on any atom is 0.232 e. The van der Waals surface area contributed by atoms with Crippen LogP contribution in [0.15, 0.2) is 59.1 Å². The van der Waals surface area contributed by atoms with Gasteiger partial charge in [-0.3, -0.25) is 9.89 Å². The Bertz CT molecular complexity index is 1210. The number of nitrogens with one attached hydrogen (secondary N) is 2. The van der Waals surface area contributed by atoms with E-state index < -0.39 is 0 Å². The number of nitrogens with zero attached hydrogens (tertiary/aromatic N) is 4. The second-order valence-corrected chi connectivity index (χ2v) is 9.97. The van der Waals surface area contributed by atoms with Gasteiger partial charge in [-0.05, 0) is 43.3 Å². The Kier molecular flexibility index (Phi) is 7.58. The van der Waals surface area contributed by atoms with Crippen molar-refractivity contribution in [1.82, 2.24) is 25.1 Å². The van der Waals surface area contributed by atoms with Crippen LogP contribution in [0.25, 0.3) is 0 Å². The summed E-state index contributed by atoms with van der Waals surface area (Å²) in [5.41, 5.74) is 1.70. The molecule has 0 saturated heterocycles. The summed E-state index contributed by atoms with van der Waals surface area (Å²) in [6, 6.07) is 11.3. The van der Waals surface area contributed by atoms with Crippen LogP contribution < -0.4 is 10.1 Å². The van der Waals surface area contributed by atoms with E-state index in [1.165, 1.54) is 29.4 Å². The number of hydrogen-bond donors (Lipinski definition) is 2. The molecule has 4 aromatic rings. The molecule has 2 N–H and O–H groups in total. The van der Waals surface area contributed by atoms with Gasteiger partial charge < -0.3 is 10.1 Å². The van der Waals surface area contributed by atoms with Gasteiger partial charge >= 0.3 is 0 Å². The van der Waals surface area contributed by atoms with Crippen molar-refractivity contribution in [2.45, 2.75) is 43.0 Å². The Labute approximate surface area is 204 Å². The molecule has 1 atom stereocenters. The molecular formula is C22H21ClN6O2S2. The van der Waals surface area contributed by atoms with Crippen LogP contribution in [0.2, 0.25) is 5.02 Å². The number of aromatic amines is 1. The number of thiazole rings is 1. The molecule has 0 bridgehead atoms. The monoisotopic (exact) mass is 500 g/mol. The number of hydrogen-bond acceptors (Lipinski definition) is 8. The van der Waals surface area contributed by atoms with E-state index in [9.17, 15) is 4.79 Å². The lowest BCUT2D eigenvalue weighted by molar-refractivity contribution is -0.115. The molecule has 3 aromatic heterocycles. The highest BCUT2D eigenvalue weighted by Gasteiger charge is 2.14. The highest BCUT2D eigenvalue weighted by atomic mass is 35.5. The Morgan fingerprint density at radius 2 is 2.09 bits per heavy atom. The fraction of sp³-hybridized carbons (Fsp3) is 0.227. The maximum absolute atomic E-state index is 12.6. The van der Waals surface area contributed by atoms with Gasteiger partial charge in [0.1, 0.15) is 17.1 Å². The largest absolute Gasteiger partial charge is 0.490 e. The van der Waals surface area contributed by atoms with E-state index in [1.807, 2.05) is 44.2 Å². The standard InChI is InChI=1S/C22H21ClN6O2S2/c1-13(7-15-3-5-16(23)6-4-15)31-18-8-17(9-19(30)28-21-24-11-14(2)32-21)27-20(10-18)33-22-25-12-26-29-22/h3-6,8,10-13H,7,9H2,1-2H3,(H,24,28,30)(H,25,26,29)/t13-/m0/s1. The zero-order valence-electron chi connectivity index (χ0n) is 17.9. The fourth-order valence-corrected chi connectivity index (χ4v) is 4.59. The van der Waals surface area contributed by atoms with Crippen molar-refractivity contribution in [2.75, 3.05) is 5.32 Å². The molecular weight excluding hydrogens is 480 g/mol. The Morgan fingerprint density at radius 1 is 1.27 bits per heavy atom. The summed E-state index contributed by atoms with van der Waals surface area (Å²) < 4.78 is 6.18. The van der Waals surface area contributed by atoms with Crippen molar-refractivity contribution >= 4 is 45.7 Å². The number of pyridine rings is 1. The van der Waals surface area contributed by atoms with Crippen molar-refractivity contribution in [1.29, 1.82) is 0 Å². The number of aromatic nitrogens is 5. The molecule has 170 valence electrons. The van der Waals surface area contributed by atoms with Crippen LogP contribution in [0.4, 0.5) is 5.13 Å². The van der Waals surface area contributed by atoms with E-state index in [-0.39, 0.29) is 18.4 Å². The molecule has 4 rings (SSSR count). The number of halogens is 1. The van der Waals surface area contributed by atoms with E-state index in [0.29, 0.717) is 38.2 Å². The number of benzene rings is 1. The Hall–Kier alpha value is -2.95. The summed E-state index contributed by atoms with van der Waals surface area (Å²) in [5.74, 6) is 0.431. The topological polar surface area (TPSA) is 106 Å². The van der Waals surface area contributed by atoms with E-state index in [4.69, 9.17) is 16.3 Å². The molecule has 0 aliphatic heterocycles. The summed E-state index contributed by atoms with van der Waals surface area (Å²) in [7, 11) is 0. The van der Waals surface area contributed by atoms with Crippen LogP contribution in [-0.2, 0) is 17.6 Å². The summed E-state index contributed by atoms with van der Waals surface area (Å²) in [6.45, 7) is 3.93. The van der Waals surface area contributed by atoms with Crippen LogP contribution in [0, 0.1) is 6.92 Å². The molecule has 0 radical (unpaired) electrons. The van der Waals surface area contributed by atoms with Gasteiger partial charge in [-0.2, -0.15) is 5.10 Å². The smallest absolute Gasteiger partial charge is 0.232 e. The molecule has 1 amide bonds. The van der Waals surface area contributed by atoms with Gasteiger partial charge in [-0.15, -0.1) is 11.3 Å². The van der Waals surface area contributed by atoms with E-state index in [0.717, 1.165) is 10.4 Å². The third kappa shape index (κ3) is 7.01. The van der Waals surface area contributed by atoms with Crippen LogP contribution in [0.3, 0.4) is 0 Å². The molecule has 8 nitrogen and oxygen atoms in total. The van der Waals surface area contributed by atoms with Crippen LogP contribution in [0.1, 0.15) is 23.1 Å². The van der Waals surface area contributed by atoms with Gasteiger partial charge in [-0.25, -0.2) is 15.0 Å².